The van der Waals surface area contributed by atoms with Crippen LogP contribution >= 0.6 is 11.3 Å². The van der Waals surface area contributed by atoms with Crippen molar-refractivity contribution >= 4 is 40.1 Å². The van der Waals surface area contributed by atoms with E-state index < -0.39 is 35.8 Å². The molecule has 11 heteroatoms. The van der Waals surface area contributed by atoms with Gasteiger partial charge in [0.1, 0.15) is 30.1 Å². The topological polar surface area (TPSA) is 127 Å². The van der Waals surface area contributed by atoms with Crippen LogP contribution in [-0.2, 0) is 14.3 Å². The second-order valence-corrected chi connectivity index (χ2v) is 10.5. The summed E-state index contributed by atoms with van der Waals surface area (Å²) in [6.45, 7) is 6.15. The van der Waals surface area contributed by atoms with E-state index in [1.807, 2.05) is 30.3 Å². The molecule has 2 aromatic carbocycles. The Bertz CT molecular complexity index is 1360. The van der Waals surface area contributed by atoms with Crippen molar-refractivity contribution in [3.63, 3.8) is 0 Å². The van der Waals surface area contributed by atoms with Crippen LogP contribution in [-0.4, -0.2) is 59.9 Å². The van der Waals surface area contributed by atoms with Gasteiger partial charge in [0.2, 0.25) is 5.91 Å². The van der Waals surface area contributed by atoms with Gasteiger partial charge in [-0.15, -0.1) is 11.3 Å². The van der Waals surface area contributed by atoms with Gasteiger partial charge in [0.15, 0.2) is 10.9 Å². The Morgan fingerprint density at radius 2 is 1.75 bits per heavy atom. The summed E-state index contributed by atoms with van der Waals surface area (Å²) in [5.74, 6) is -1.45. The van der Waals surface area contributed by atoms with Crippen LogP contribution in [0.15, 0.2) is 60.0 Å². The van der Waals surface area contributed by atoms with E-state index in [1.165, 1.54) is 0 Å². The fourth-order valence-corrected chi connectivity index (χ4v) is 5.11. The van der Waals surface area contributed by atoms with E-state index in [4.69, 9.17) is 9.47 Å². The van der Waals surface area contributed by atoms with Crippen molar-refractivity contribution in [3.8, 4) is 5.75 Å². The second-order valence-electron chi connectivity index (χ2n) is 9.69. The first-order valence-corrected chi connectivity index (χ1v) is 13.8. The predicted octanol–water partition coefficient (Wildman–Crippen LogP) is 4.41. The molecule has 0 radical (unpaired) electrons. The molecular formula is C29H32N4O6S. The summed E-state index contributed by atoms with van der Waals surface area (Å²) in [6.07, 6.45) is 0. The molecule has 1 fully saturated rings. The van der Waals surface area contributed by atoms with Gasteiger partial charge in [-0.25, -0.2) is 14.7 Å². The molecule has 0 aliphatic carbocycles. The highest BCUT2D eigenvalue weighted by Crippen LogP contribution is 2.32. The smallest absolute Gasteiger partial charge is 0.325 e. The highest BCUT2D eigenvalue weighted by molar-refractivity contribution is 7.14. The van der Waals surface area contributed by atoms with Crippen LogP contribution in [0.3, 0.4) is 0 Å². The summed E-state index contributed by atoms with van der Waals surface area (Å²) in [5, 5.41) is 7.24. The molecule has 3 atom stereocenters. The van der Waals surface area contributed by atoms with Gasteiger partial charge in [0.05, 0.1) is 6.61 Å². The van der Waals surface area contributed by atoms with E-state index in [0.29, 0.717) is 24.5 Å². The van der Waals surface area contributed by atoms with Crippen molar-refractivity contribution in [1.29, 1.82) is 0 Å². The lowest BCUT2D eigenvalue weighted by Crippen LogP contribution is -2.50. The zero-order valence-electron chi connectivity index (χ0n) is 22.7. The van der Waals surface area contributed by atoms with E-state index in [1.54, 1.807) is 57.5 Å². The lowest BCUT2D eigenvalue weighted by Gasteiger charge is -2.29. The average Bonchev–Trinajstić information content (AvgIpc) is 3.53. The number of imide groups is 1. The van der Waals surface area contributed by atoms with Crippen molar-refractivity contribution in [2.75, 3.05) is 25.6 Å². The number of anilines is 1. The maximum atomic E-state index is 13.7. The molecule has 10 nitrogen and oxygen atoms in total. The van der Waals surface area contributed by atoms with Crippen LogP contribution in [0.5, 0.6) is 5.75 Å². The maximum Gasteiger partial charge on any atom is 0.325 e. The molecule has 40 heavy (non-hydrogen) atoms. The monoisotopic (exact) mass is 564 g/mol. The van der Waals surface area contributed by atoms with Crippen LogP contribution in [0.1, 0.15) is 54.3 Å². The third-order valence-corrected chi connectivity index (χ3v) is 7.36. The Morgan fingerprint density at radius 1 is 1.05 bits per heavy atom. The molecule has 0 bridgehead atoms. The number of hydrogen-bond donors (Lipinski definition) is 2. The minimum atomic E-state index is -1.18. The molecule has 3 aromatic rings. The zero-order chi connectivity index (χ0) is 28.8. The molecule has 0 saturated carbocycles. The minimum Gasteiger partial charge on any atom is -0.491 e. The van der Waals surface area contributed by atoms with Crippen LogP contribution in [0.4, 0.5) is 9.93 Å². The molecule has 4 amide bonds. The van der Waals surface area contributed by atoms with Gasteiger partial charge in [-0.05, 0) is 23.3 Å². The number of carbonyl (C=O) groups is 4. The van der Waals surface area contributed by atoms with Crippen molar-refractivity contribution in [1.82, 2.24) is 15.2 Å². The van der Waals surface area contributed by atoms with E-state index in [0.717, 1.165) is 21.8 Å². The number of carbonyl (C=O) groups excluding carboxylic acids is 4. The summed E-state index contributed by atoms with van der Waals surface area (Å²) in [7, 11) is 1.58. The second kappa shape index (κ2) is 12.8. The molecule has 210 valence electrons. The maximum absolute atomic E-state index is 13.7. The number of nitrogens with zero attached hydrogens (tertiary/aromatic N) is 2. The number of urea groups is 1. The zero-order valence-corrected chi connectivity index (χ0v) is 23.6. The third kappa shape index (κ3) is 6.37. The third-order valence-electron chi connectivity index (χ3n) is 6.60. The van der Waals surface area contributed by atoms with Gasteiger partial charge in [0, 0.05) is 24.3 Å². The number of ketones is 1. The number of ether oxygens (including phenoxy) is 2. The van der Waals surface area contributed by atoms with E-state index >= 15 is 0 Å². The summed E-state index contributed by atoms with van der Waals surface area (Å²) in [5.41, 5.74) is 1.59. The van der Waals surface area contributed by atoms with Crippen LogP contribution in [0, 0.1) is 5.92 Å². The number of nitrogens with one attached hydrogen (secondary N) is 2. The van der Waals surface area contributed by atoms with Gasteiger partial charge >= 0.3 is 6.03 Å². The molecule has 0 spiro atoms. The lowest BCUT2D eigenvalue weighted by atomic mass is 9.91. The van der Waals surface area contributed by atoms with Crippen molar-refractivity contribution < 1.29 is 28.7 Å². The number of methoxy groups -OCH3 is 1. The summed E-state index contributed by atoms with van der Waals surface area (Å²) < 4.78 is 10.6. The largest absolute Gasteiger partial charge is 0.491 e. The molecule has 4 rings (SSSR count). The Hall–Kier alpha value is -4.09. The molecule has 1 unspecified atom stereocenters. The predicted molar refractivity (Wildman–Crippen MR) is 150 cm³/mol. The van der Waals surface area contributed by atoms with E-state index in [9.17, 15) is 19.2 Å². The standard InChI is InChI=1S/C29H32N4O6S/c1-17(2)25(34)22-16-40-28(30-22)32-26(35)24(18(3)19-8-6-5-7-9-19)33-27(36)23(31-29(33)37)20-10-12-21(13-11-20)39-15-14-38-4/h5-13,16-18,23-24H,14-15H2,1-4H3,(H,31,37)(H,30,32,35)/t18-,23?,24-/m0/s1. The summed E-state index contributed by atoms with van der Waals surface area (Å²) in [6, 6.07) is 13.2. The SMILES string of the molecule is COCCOc1ccc(C2NC(=O)N([C@H](C(=O)Nc3nc(C(=O)C(C)C)cs3)[C@@H](C)c3ccccc3)C2=O)cc1. The molecule has 1 aliphatic rings. The average molecular weight is 565 g/mol. The van der Waals surface area contributed by atoms with Crippen LogP contribution in [0.25, 0.3) is 0 Å². The fraction of sp³-hybridized carbons (Fsp3) is 0.345. The molecule has 1 saturated heterocycles. The van der Waals surface area contributed by atoms with E-state index in [-0.39, 0.29) is 22.5 Å². The Labute approximate surface area is 236 Å². The lowest BCUT2D eigenvalue weighted by molar-refractivity contribution is -0.134. The Balaban J connectivity index is 1.59. The number of benzene rings is 2. The molecule has 2 heterocycles. The van der Waals surface area contributed by atoms with Crippen molar-refractivity contribution in [2.24, 2.45) is 5.92 Å². The first-order valence-electron chi connectivity index (χ1n) is 12.9. The molecule has 1 aromatic heterocycles. The quantitative estimate of drug-likeness (QED) is 0.190. The van der Waals surface area contributed by atoms with E-state index in [2.05, 4.69) is 15.6 Å². The van der Waals surface area contributed by atoms with Gasteiger partial charge < -0.3 is 20.1 Å². The Kier molecular flexibility index (Phi) is 9.28. The molecule has 2 N–H and O–H groups in total. The number of aromatic nitrogens is 1. The van der Waals surface area contributed by atoms with Crippen molar-refractivity contribution in [2.45, 2.75) is 38.8 Å². The van der Waals surface area contributed by atoms with Crippen molar-refractivity contribution in [3.05, 3.63) is 76.8 Å². The number of hydrogen-bond acceptors (Lipinski definition) is 8. The van der Waals surface area contributed by atoms with Gasteiger partial charge in [-0.2, -0.15) is 0 Å². The number of thiazole rings is 1. The highest BCUT2D eigenvalue weighted by atomic mass is 32.1. The highest BCUT2D eigenvalue weighted by Gasteiger charge is 2.47. The van der Waals surface area contributed by atoms with Gasteiger partial charge in [0.25, 0.3) is 5.91 Å². The Morgan fingerprint density at radius 3 is 2.40 bits per heavy atom. The normalized spacial score (nSPS) is 16.5. The first-order chi connectivity index (χ1) is 19.2. The van der Waals surface area contributed by atoms with Crippen LogP contribution in [0.2, 0.25) is 0 Å². The number of Topliss-reactive ketones (excluding diaryl/α,β-unsaturated/α-hetero) is 1. The molecular weight excluding hydrogens is 532 g/mol. The molecule has 1 aliphatic heterocycles. The van der Waals surface area contributed by atoms with Gasteiger partial charge in [-0.3, -0.25) is 14.4 Å². The summed E-state index contributed by atoms with van der Waals surface area (Å²) >= 11 is 1.11. The van der Waals surface area contributed by atoms with Gasteiger partial charge in [-0.1, -0.05) is 63.2 Å². The fourth-order valence-electron chi connectivity index (χ4n) is 4.41. The first kappa shape index (κ1) is 28.9. The summed E-state index contributed by atoms with van der Waals surface area (Å²) in [4.78, 5) is 58.2. The van der Waals surface area contributed by atoms with Crippen LogP contribution < -0.4 is 15.4 Å². The number of amides is 4. The number of rotatable bonds is 12. The minimum absolute atomic E-state index is 0.141.